The molecule has 1 aliphatic heterocycles. The topological polar surface area (TPSA) is 21.3 Å². The lowest BCUT2D eigenvalue weighted by Gasteiger charge is -2.11. The van der Waals surface area contributed by atoms with Crippen molar-refractivity contribution in [3.8, 4) is 0 Å². The van der Waals surface area contributed by atoms with E-state index in [1.807, 2.05) is 11.8 Å². The van der Waals surface area contributed by atoms with E-state index in [-0.39, 0.29) is 13.2 Å². The fraction of sp³-hybridized carbons (Fsp3) is 1.00. The summed E-state index contributed by atoms with van der Waals surface area (Å²) in [4.78, 5) is 0. The minimum atomic E-state index is -4.49. The first-order chi connectivity index (χ1) is 6.08. The van der Waals surface area contributed by atoms with Crippen LogP contribution in [0.15, 0.2) is 0 Å². The van der Waals surface area contributed by atoms with Crippen molar-refractivity contribution in [1.82, 2.24) is 5.32 Å². The maximum atomic E-state index is 11.5. The summed E-state index contributed by atoms with van der Waals surface area (Å²) in [6, 6.07) is 0.363. The van der Waals surface area contributed by atoms with Gasteiger partial charge in [0.1, 0.15) is 0 Å². The monoisotopic (exact) mass is 215 g/mol. The molecule has 1 heterocycles. The molecule has 1 N–H and O–H groups in total. The van der Waals surface area contributed by atoms with Gasteiger partial charge in [0.15, 0.2) is 0 Å². The summed E-state index contributed by atoms with van der Waals surface area (Å²) in [6.45, 7) is -0.0323. The Balaban J connectivity index is 1.94. The second-order valence-electron chi connectivity index (χ2n) is 2.81. The predicted octanol–water partition coefficient (Wildman–Crippen LogP) is 1.62. The average molecular weight is 215 g/mol. The van der Waals surface area contributed by atoms with Crippen molar-refractivity contribution in [3.05, 3.63) is 0 Å². The molecule has 0 amide bonds. The standard InChI is InChI=1S/C7H12F3NOS/c8-7(9,10)12-3-2-11-6-1-4-13-5-6/h6,11H,1-5H2. The number of hydrogen-bond donors (Lipinski definition) is 1. The van der Waals surface area contributed by atoms with Crippen LogP contribution in [0.25, 0.3) is 0 Å². The van der Waals surface area contributed by atoms with Crippen LogP contribution in [0, 0.1) is 0 Å². The summed E-state index contributed by atoms with van der Waals surface area (Å²) in [6.07, 6.45) is -3.46. The van der Waals surface area contributed by atoms with Crippen LogP contribution in [0.4, 0.5) is 13.2 Å². The lowest BCUT2D eigenvalue weighted by atomic mass is 10.3. The lowest BCUT2D eigenvalue weighted by molar-refractivity contribution is -0.323. The van der Waals surface area contributed by atoms with Crippen LogP contribution < -0.4 is 5.32 Å². The highest BCUT2D eigenvalue weighted by molar-refractivity contribution is 7.99. The minimum absolute atomic E-state index is 0.269. The Hall–Kier alpha value is 0.0600. The zero-order chi connectivity index (χ0) is 9.73. The third kappa shape index (κ3) is 5.38. The SMILES string of the molecule is FC(F)(F)OCCNC1CCSC1. The number of thioether (sulfide) groups is 1. The second-order valence-corrected chi connectivity index (χ2v) is 3.96. The first-order valence-electron chi connectivity index (χ1n) is 4.10. The molecule has 1 aliphatic rings. The highest BCUT2D eigenvalue weighted by Crippen LogP contribution is 2.17. The Morgan fingerprint density at radius 3 is 2.77 bits per heavy atom. The van der Waals surface area contributed by atoms with Crippen molar-refractivity contribution in [2.45, 2.75) is 18.8 Å². The molecule has 1 rings (SSSR count). The molecule has 0 bridgehead atoms. The van der Waals surface area contributed by atoms with Crippen molar-refractivity contribution < 1.29 is 17.9 Å². The molecule has 0 aromatic heterocycles. The molecule has 1 fully saturated rings. The number of ether oxygens (including phenoxy) is 1. The van der Waals surface area contributed by atoms with Crippen molar-refractivity contribution in [2.24, 2.45) is 0 Å². The van der Waals surface area contributed by atoms with E-state index in [0.717, 1.165) is 17.9 Å². The summed E-state index contributed by atoms with van der Waals surface area (Å²) in [5, 5.41) is 3.01. The number of rotatable bonds is 4. The van der Waals surface area contributed by atoms with Gasteiger partial charge >= 0.3 is 6.36 Å². The first kappa shape index (κ1) is 11.1. The number of alkyl halides is 3. The highest BCUT2D eigenvalue weighted by atomic mass is 32.2. The fourth-order valence-corrected chi connectivity index (χ4v) is 2.31. The first-order valence-corrected chi connectivity index (χ1v) is 5.25. The third-order valence-electron chi connectivity index (χ3n) is 1.73. The summed E-state index contributed by atoms with van der Waals surface area (Å²) < 4.78 is 38.1. The maximum Gasteiger partial charge on any atom is 0.522 e. The van der Waals surface area contributed by atoms with Gasteiger partial charge in [-0.05, 0) is 12.2 Å². The van der Waals surface area contributed by atoms with Crippen LogP contribution in [-0.2, 0) is 4.74 Å². The largest absolute Gasteiger partial charge is 0.522 e. The Morgan fingerprint density at radius 2 is 2.23 bits per heavy atom. The Labute approximate surface area is 79.2 Å². The van der Waals surface area contributed by atoms with E-state index in [1.165, 1.54) is 0 Å². The van der Waals surface area contributed by atoms with Crippen LogP contribution in [0.2, 0.25) is 0 Å². The van der Waals surface area contributed by atoms with E-state index in [9.17, 15) is 13.2 Å². The normalized spacial score (nSPS) is 23.8. The molecule has 78 valence electrons. The summed E-state index contributed by atoms with van der Waals surface area (Å²) >= 11 is 1.82. The van der Waals surface area contributed by atoms with E-state index < -0.39 is 6.36 Å². The van der Waals surface area contributed by atoms with Gasteiger partial charge in [0.05, 0.1) is 6.61 Å². The van der Waals surface area contributed by atoms with E-state index in [2.05, 4.69) is 10.1 Å². The molecule has 0 radical (unpaired) electrons. The molecule has 0 saturated carbocycles. The third-order valence-corrected chi connectivity index (χ3v) is 2.89. The molecule has 0 aromatic rings. The van der Waals surface area contributed by atoms with Crippen molar-refractivity contribution in [3.63, 3.8) is 0 Å². The molecule has 1 atom stereocenters. The molecular formula is C7H12F3NOS. The van der Waals surface area contributed by atoms with Gasteiger partial charge in [0.25, 0.3) is 0 Å². The Morgan fingerprint density at radius 1 is 1.46 bits per heavy atom. The Bertz CT molecular complexity index is 147. The molecule has 13 heavy (non-hydrogen) atoms. The zero-order valence-corrected chi connectivity index (χ0v) is 7.88. The predicted molar refractivity (Wildman–Crippen MR) is 45.7 cm³/mol. The maximum absolute atomic E-state index is 11.5. The molecule has 0 aromatic carbocycles. The van der Waals surface area contributed by atoms with Gasteiger partial charge in [-0.15, -0.1) is 13.2 Å². The number of halogens is 3. The summed E-state index contributed by atoms with van der Waals surface area (Å²) in [5.74, 6) is 2.09. The van der Waals surface area contributed by atoms with E-state index >= 15 is 0 Å². The summed E-state index contributed by atoms with van der Waals surface area (Å²) in [5.41, 5.74) is 0. The van der Waals surface area contributed by atoms with Crippen LogP contribution in [-0.4, -0.2) is 37.1 Å². The smallest absolute Gasteiger partial charge is 0.311 e. The Kier molecular flexibility index (Phi) is 4.34. The van der Waals surface area contributed by atoms with Crippen molar-refractivity contribution in [1.29, 1.82) is 0 Å². The minimum Gasteiger partial charge on any atom is -0.311 e. The molecule has 0 spiro atoms. The van der Waals surface area contributed by atoms with Crippen LogP contribution >= 0.6 is 11.8 Å². The van der Waals surface area contributed by atoms with Gasteiger partial charge in [-0.1, -0.05) is 0 Å². The zero-order valence-electron chi connectivity index (χ0n) is 7.06. The number of nitrogens with one attached hydrogen (secondary N) is 1. The van der Waals surface area contributed by atoms with E-state index in [4.69, 9.17) is 0 Å². The molecule has 0 aliphatic carbocycles. The van der Waals surface area contributed by atoms with Gasteiger partial charge in [-0.3, -0.25) is 4.74 Å². The van der Waals surface area contributed by atoms with Gasteiger partial charge in [0.2, 0.25) is 0 Å². The second kappa shape index (κ2) is 5.07. The molecule has 1 unspecified atom stereocenters. The van der Waals surface area contributed by atoms with E-state index in [1.54, 1.807) is 0 Å². The van der Waals surface area contributed by atoms with Gasteiger partial charge < -0.3 is 5.32 Å². The highest BCUT2D eigenvalue weighted by Gasteiger charge is 2.28. The van der Waals surface area contributed by atoms with Crippen molar-refractivity contribution >= 4 is 11.8 Å². The quantitative estimate of drug-likeness (QED) is 0.720. The fourth-order valence-electron chi connectivity index (χ4n) is 1.13. The molecule has 1 saturated heterocycles. The molecular weight excluding hydrogens is 203 g/mol. The van der Waals surface area contributed by atoms with E-state index in [0.29, 0.717) is 6.04 Å². The summed E-state index contributed by atoms with van der Waals surface area (Å²) in [7, 11) is 0. The average Bonchev–Trinajstić information content (AvgIpc) is 2.48. The molecule has 2 nitrogen and oxygen atoms in total. The van der Waals surface area contributed by atoms with Crippen LogP contribution in [0.1, 0.15) is 6.42 Å². The van der Waals surface area contributed by atoms with Gasteiger partial charge in [0, 0.05) is 18.3 Å². The lowest BCUT2D eigenvalue weighted by Crippen LogP contribution is -2.33. The van der Waals surface area contributed by atoms with Crippen LogP contribution in [0.3, 0.4) is 0 Å². The number of hydrogen-bond acceptors (Lipinski definition) is 3. The van der Waals surface area contributed by atoms with Gasteiger partial charge in [-0.25, -0.2) is 0 Å². The molecule has 6 heteroatoms. The van der Waals surface area contributed by atoms with Crippen LogP contribution in [0.5, 0.6) is 0 Å². The van der Waals surface area contributed by atoms with Gasteiger partial charge in [-0.2, -0.15) is 11.8 Å². The van der Waals surface area contributed by atoms with Crippen molar-refractivity contribution in [2.75, 3.05) is 24.7 Å².